The highest BCUT2D eigenvalue weighted by Crippen LogP contribution is 2.27. The molecule has 6 heteroatoms. The normalized spacial score (nSPS) is 14.1. The molecule has 0 heterocycles. The number of hydrogen-bond donors (Lipinski definition) is 1. The second-order valence-corrected chi connectivity index (χ2v) is 5.72. The van der Waals surface area contributed by atoms with Gasteiger partial charge in [-0.1, -0.05) is 12.1 Å². The number of para-hydroxylation sites is 1. The Bertz CT molecular complexity index is 448. The minimum Gasteiger partial charge on any atom is -0.378 e. The van der Waals surface area contributed by atoms with E-state index in [1.807, 2.05) is 19.9 Å². The summed E-state index contributed by atoms with van der Waals surface area (Å²) in [7, 11) is -0.940. The molecule has 0 aromatic heterocycles. The Morgan fingerprint density at radius 1 is 1.53 bits per heavy atom. The third-order valence-corrected chi connectivity index (χ3v) is 3.88. The molecule has 0 spiro atoms. The van der Waals surface area contributed by atoms with Gasteiger partial charge in [0.25, 0.3) is 5.69 Å². The molecule has 0 radical (unpaired) electrons. The maximum absolute atomic E-state index is 11.2. The number of nitro benzene ring substituents is 1. The van der Waals surface area contributed by atoms with E-state index < -0.39 is 15.7 Å². The van der Waals surface area contributed by atoms with Gasteiger partial charge in [0.15, 0.2) is 0 Å². The molecule has 2 atom stereocenters. The third kappa shape index (κ3) is 3.52. The average Bonchev–Trinajstić information content (AvgIpc) is 2.26. The molecule has 2 unspecified atom stereocenters. The Morgan fingerprint density at radius 2 is 2.18 bits per heavy atom. The molecule has 1 rings (SSSR count). The van der Waals surface area contributed by atoms with E-state index in [2.05, 4.69) is 5.32 Å². The summed E-state index contributed by atoms with van der Waals surface area (Å²) in [5.74, 6) is 0. The Hall–Kier alpha value is -1.43. The minimum atomic E-state index is -0.940. The van der Waals surface area contributed by atoms with Gasteiger partial charge in [-0.3, -0.25) is 14.3 Å². The standard InChI is InChI=1S/C11H16N2O3S/c1-8-5-4-6-10(13(14)15)11(8)12-7-9(2)17(3)16/h4-6,9,12H,7H2,1-3H3. The molecule has 1 aromatic rings. The van der Waals surface area contributed by atoms with Crippen molar-refractivity contribution in [2.75, 3.05) is 18.1 Å². The lowest BCUT2D eigenvalue weighted by Gasteiger charge is -2.13. The number of benzene rings is 1. The molecule has 5 nitrogen and oxygen atoms in total. The van der Waals surface area contributed by atoms with Crippen molar-refractivity contribution >= 4 is 22.2 Å². The van der Waals surface area contributed by atoms with Crippen LogP contribution >= 0.6 is 0 Å². The first-order valence-corrected chi connectivity index (χ1v) is 6.85. The predicted molar refractivity (Wildman–Crippen MR) is 69.9 cm³/mol. The van der Waals surface area contributed by atoms with Crippen LogP contribution in [0.5, 0.6) is 0 Å². The van der Waals surface area contributed by atoms with Gasteiger partial charge >= 0.3 is 0 Å². The van der Waals surface area contributed by atoms with E-state index in [0.717, 1.165) is 5.56 Å². The maximum Gasteiger partial charge on any atom is 0.292 e. The Balaban J connectivity index is 2.90. The molecule has 0 aliphatic rings. The molecule has 17 heavy (non-hydrogen) atoms. The smallest absolute Gasteiger partial charge is 0.292 e. The number of aryl methyl sites for hydroxylation is 1. The lowest BCUT2D eigenvalue weighted by Crippen LogP contribution is -2.21. The van der Waals surface area contributed by atoms with Gasteiger partial charge in [0.1, 0.15) is 5.69 Å². The van der Waals surface area contributed by atoms with Crippen LogP contribution in [0.4, 0.5) is 11.4 Å². The van der Waals surface area contributed by atoms with Crippen molar-refractivity contribution in [3.8, 4) is 0 Å². The van der Waals surface area contributed by atoms with E-state index >= 15 is 0 Å². The van der Waals surface area contributed by atoms with Gasteiger partial charge in [-0.25, -0.2) is 0 Å². The zero-order valence-electron chi connectivity index (χ0n) is 10.1. The van der Waals surface area contributed by atoms with Gasteiger partial charge < -0.3 is 5.32 Å². The highest BCUT2D eigenvalue weighted by molar-refractivity contribution is 7.84. The quantitative estimate of drug-likeness (QED) is 0.646. The summed E-state index contributed by atoms with van der Waals surface area (Å²) in [6.45, 7) is 4.10. The summed E-state index contributed by atoms with van der Waals surface area (Å²) in [4.78, 5) is 10.4. The SMILES string of the molecule is Cc1cccc([N+](=O)[O-])c1NCC(C)S(C)=O. The molecule has 0 saturated carbocycles. The van der Waals surface area contributed by atoms with E-state index in [1.54, 1.807) is 12.3 Å². The van der Waals surface area contributed by atoms with Crippen LogP contribution in [0, 0.1) is 17.0 Å². The second kappa shape index (κ2) is 5.77. The van der Waals surface area contributed by atoms with Crippen LogP contribution in [0.2, 0.25) is 0 Å². The van der Waals surface area contributed by atoms with E-state index in [4.69, 9.17) is 0 Å². The topological polar surface area (TPSA) is 72.2 Å². The van der Waals surface area contributed by atoms with Crippen molar-refractivity contribution in [1.82, 2.24) is 0 Å². The van der Waals surface area contributed by atoms with Crippen molar-refractivity contribution in [2.24, 2.45) is 0 Å². The van der Waals surface area contributed by atoms with Gasteiger partial charge in [0.05, 0.1) is 4.92 Å². The van der Waals surface area contributed by atoms with Gasteiger partial charge in [-0.15, -0.1) is 0 Å². The van der Waals surface area contributed by atoms with Crippen LogP contribution in [-0.2, 0) is 10.8 Å². The first-order chi connectivity index (χ1) is 7.93. The molecule has 0 fully saturated rings. The molecule has 0 aliphatic heterocycles. The Labute approximate surface area is 103 Å². The lowest BCUT2D eigenvalue weighted by molar-refractivity contribution is -0.384. The fourth-order valence-electron chi connectivity index (χ4n) is 1.40. The van der Waals surface area contributed by atoms with Crippen LogP contribution in [0.1, 0.15) is 12.5 Å². The fraction of sp³-hybridized carbons (Fsp3) is 0.455. The summed E-state index contributed by atoms with van der Waals surface area (Å²) in [5, 5.41) is 13.8. The van der Waals surface area contributed by atoms with Crippen molar-refractivity contribution in [3.63, 3.8) is 0 Å². The highest BCUT2D eigenvalue weighted by Gasteiger charge is 2.16. The van der Waals surface area contributed by atoms with Crippen molar-refractivity contribution in [3.05, 3.63) is 33.9 Å². The van der Waals surface area contributed by atoms with E-state index in [1.165, 1.54) is 6.07 Å². The number of anilines is 1. The van der Waals surface area contributed by atoms with Gasteiger partial charge in [-0.2, -0.15) is 0 Å². The number of nitrogens with one attached hydrogen (secondary N) is 1. The zero-order valence-corrected chi connectivity index (χ0v) is 10.9. The first-order valence-electron chi connectivity index (χ1n) is 5.23. The third-order valence-electron chi connectivity index (χ3n) is 2.58. The van der Waals surface area contributed by atoms with Crippen LogP contribution in [-0.4, -0.2) is 27.2 Å². The van der Waals surface area contributed by atoms with Crippen LogP contribution in [0.25, 0.3) is 0 Å². The molecule has 0 saturated heterocycles. The Morgan fingerprint density at radius 3 is 2.71 bits per heavy atom. The number of hydrogen-bond acceptors (Lipinski definition) is 4. The molecular formula is C11H16N2O3S. The van der Waals surface area contributed by atoms with Gasteiger partial charge in [-0.05, 0) is 19.4 Å². The van der Waals surface area contributed by atoms with E-state index in [9.17, 15) is 14.3 Å². The highest BCUT2D eigenvalue weighted by atomic mass is 32.2. The van der Waals surface area contributed by atoms with Gasteiger partial charge in [0, 0.05) is 34.9 Å². The van der Waals surface area contributed by atoms with E-state index in [0.29, 0.717) is 12.2 Å². The summed E-state index contributed by atoms with van der Waals surface area (Å²) in [6.07, 6.45) is 1.62. The van der Waals surface area contributed by atoms with Crippen LogP contribution in [0.15, 0.2) is 18.2 Å². The molecule has 94 valence electrons. The van der Waals surface area contributed by atoms with Crippen LogP contribution < -0.4 is 5.32 Å². The molecule has 0 bridgehead atoms. The number of rotatable bonds is 5. The second-order valence-electron chi connectivity index (χ2n) is 3.92. The summed E-state index contributed by atoms with van der Waals surface area (Å²) >= 11 is 0. The predicted octanol–water partition coefficient (Wildman–Crippen LogP) is 2.08. The van der Waals surface area contributed by atoms with Crippen molar-refractivity contribution in [2.45, 2.75) is 19.1 Å². The Kier molecular flexibility index (Phi) is 4.62. The number of nitro groups is 1. The fourth-order valence-corrected chi connectivity index (χ4v) is 1.72. The summed E-state index contributed by atoms with van der Waals surface area (Å²) < 4.78 is 11.2. The largest absolute Gasteiger partial charge is 0.378 e. The van der Waals surface area contributed by atoms with Crippen molar-refractivity contribution < 1.29 is 9.13 Å². The van der Waals surface area contributed by atoms with Gasteiger partial charge in [0.2, 0.25) is 0 Å². The summed E-state index contributed by atoms with van der Waals surface area (Å²) in [6, 6.07) is 4.92. The molecule has 1 aromatic carbocycles. The van der Waals surface area contributed by atoms with Crippen LogP contribution in [0.3, 0.4) is 0 Å². The molecule has 0 aliphatic carbocycles. The van der Waals surface area contributed by atoms with Crippen molar-refractivity contribution in [1.29, 1.82) is 0 Å². The van der Waals surface area contributed by atoms with E-state index in [-0.39, 0.29) is 10.9 Å². The average molecular weight is 256 g/mol. The maximum atomic E-state index is 11.2. The monoisotopic (exact) mass is 256 g/mol. The first kappa shape index (κ1) is 13.6. The minimum absolute atomic E-state index is 0.0470. The lowest BCUT2D eigenvalue weighted by atomic mass is 10.1. The summed E-state index contributed by atoms with van der Waals surface area (Å²) in [5.41, 5.74) is 1.38. The zero-order chi connectivity index (χ0) is 13.0. The molecule has 1 N–H and O–H groups in total. The molecular weight excluding hydrogens is 240 g/mol. The number of nitrogens with zero attached hydrogens (tertiary/aromatic N) is 1. The molecule has 0 amide bonds.